The summed E-state index contributed by atoms with van der Waals surface area (Å²) in [5.41, 5.74) is 1.49. The molecule has 172 valence electrons. The van der Waals surface area contributed by atoms with E-state index in [2.05, 4.69) is 5.32 Å². The van der Waals surface area contributed by atoms with Gasteiger partial charge in [-0.3, -0.25) is 9.59 Å². The van der Waals surface area contributed by atoms with Crippen LogP contribution in [0.2, 0.25) is 0 Å². The number of ether oxygens (including phenoxy) is 4. The molecule has 1 N–H and O–H groups in total. The zero-order valence-electron chi connectivity index (χ0n) is 19.2. The monoisotopic (exact) mass is 443 g/mol. The van der Waals surface area contributed by atoms with Crippen molar-refractivity contribution in [1.82, 2.24) is 4.90 Å². The van der Waals surface area contributed by atoms with Gasteiger partial charge >= 0.3 is 0 Å². The Morgan fingerprint density at radius 3 is 2.31 bits per heavy atom. The number of nitrogens with one attached hydrogen (secondary N) is 1. The van der Waals surface area contributed by atoms with Crippen molar-refractivity contribution in [2.45, 2.75) is 13.0 Å². The molecule has 9 nitrogen and oxygen atoms in total. The van der Waals surface area contributed by atoms with Gasteiger partial charge in [0.15, 0.2) is 17.6 Å². The molecule has 0 aromatic heterocycles. The minimum atomic E-state index is -0.565. The Bertz CT molecular complexity index is 982. The van der Waals surface area contributed by atoms with Crippen molar-refractivity contribution in [3.63, 3.8) is 0 Å². The molecule has 2 amide bonds. The fourth-order valence-electron chi connectivity index (χ4n) is 3.43. The summed E-state index contributed by atoms with van der Waals surface area (Å²) in [4.78, 5) is 29.4. The van der Waals surface area contributed by atoms with E-state index in [9.17, 15) is 9.59 Å². The van der Waals surface area contributed by atoms with Crippen LogP contribution in [0, 0.1) is 0 Å². The van der Waals surface area contributed by atoms with Crippen LogP contribution in [0.15, 0.2) is 30.3 Å². The predicted molar refractivity (Wildman–Crippen MR) is 121 cm³/mol. The standard InChI is InChI=1S/C23H29N3O6/c1-14-23(28)26(10-9-25(2)3)17-13-16(7-8-18(17)32-14)24-22(27)15-11-19(29-4)21(31-6)20(12-15)30-5/h7-8,11-14H,9-10H2,1-6H3,(H,24,27). The lowest BCUT2D eigenvalue weighted by atomic mass is 10.1. The van der Waals surface area contributed by atoms with E-state index in [4.69, 9.17) is 18.9 Å². The number of hydrogen-bond donors (Lipinski definition) is 1. The average molecular weight is 444 g/mol. The van der Waals surface area contributed by atoms with Crippen molar-refractivity contribution >= 4 is 23.2 Å². The molecule has 32 heavy (non-hydrogen) atoms. The van der Waals surface area contributed by atoms with Crippen molar-refractivity contribution in [1.29, 1.82) is 0 Å². The molecule has 2 aromatic rings. The number of rotatable bonds is 8. The van der Waals surface area contributed by atoms with Crippen LogP contribution in [0.5, 0.6) is 23.0 Å². The normalized spacial score (nSPS) is 15.2. The number of likely N-dealkylation sites (N-methyl/N-ethyl adjacent to an activating group) is 1. The molecule has 0 saturated heterocycles. The second kappa shape index (κ2) is 9.78. The largest absolute Gasteiger partial charge is 0.493 e. The van der Waals surface area contributed by atoms with Crippen LogP contribution in [-0.4, -0.2) is 71.3 Å². The van der Waals surface area contributed by atoms with Crippen molar-refractivity contribution in [3.8, 4) is 23.0 Å². The molecule has 0 spiro atoms. The minimum absolute atomic E-state index is 0.118. The summed E-state index contributed by atoms with van der Waals surface area (Å²) in [6, 6.07) is 8.39. The number of carbonyl (C=O) groups excluding carboxylic acids is 2. The summed E-state index contributed by atoms with van der Waals surface area (Å²) in [6.07, 6.45) is -0.565. The first-order chi connectivity index (χ1) is 15.3. The SMILES string of the molecule is COc1cc(C(=O)Nc2ccc3c(c2)N(CCN(C)C)C(=O)C(C)O3)cc(OC)c1OC. The first kappa shape index (κ1) is 23.2. The maximum atomic E-state index is 12.9. The molecule has 0 aliphatic carbocycles. The minimum Gasteiger partial charge on any atom is -0.493 e. The van der Waals surface area contributed by atoms with E-state index in [1.807, 2.05) is 19.0 Å². The molecule has 1 unspecified atom stereocenters. The third-order valence-corrected chi connectivity index (χ3v) is 5.12. The van der Waals surface area contributed by atoms with E-state index in [0.29, 0.717) is 53.0 Å². The molecule has 0 saturated carbocycles. The first-order valence-corrected chi connectivity index (χ1v) is 10.2. The van der Waals surface area contributed by atoms with E-state index < -0.39 is 6.10 Å². The fraction of sp³-hybridized carbons (Fsp3) is 0.391. The molecule has 1 atom stereocenters. The van der Waals surface area contributed by atoms with Crippen LogP contribution >= 0.6 is 0 Å². The molecule has 1 aliphatic heterocycles. The molecule has 3 rings (SSSR count). The summed E-state index contributed by atoms with van der Waals surface area (Å²) in [5.74, 6) is 1.28. The Balaban J connectivity index is 1.89. The maximum absolute atomic E-state index is 12.9. The Labute approximate surface area is 187 Å². The maximum Gasteiger partial charge on any atom is 0.267 e. The third kappa shape index (κ3) is 4.72. The number of hydrogen-bond acceptors (Lipinski definition) is 7. The van der Waals surface area contributed by atoms with Gasteiger partial charge in [-0.2, -0.15) is 0 Å². The lowest BCUT2D eigenvalue weighted by Gasteiger charge is -2.34. The van der Waals surface area contributed by atoms with Gasteiger partial charge in [-0.05, 0) is 51.4 Å². The number of carbonyl (C=O) groups is 2. The molecule has 0 fully saturated rings. The highest BCUT2D eigenvalue weighted by atomic mass is 16.5. The predicted octanol–water partition coefficient (Wildman–Crippen LogP) is 2.64. The Morgan fingerprint density at radius 2 is 1.75 bits per heavy atom. The molecular formula is C23H29N3O6. The van der Waals surface area contributed by atoms with Crippen LogP contribution in [0.1, 0.15) is 17.3 Å². The number of methoxy groups -OCH3 is 3. The third-order valence-electron chi connectivity index (χ3n) is 5.12. The Hall–Kier alpha value is -3.46. The number of nitrogens with zero attached hydrogens (tertiary/aromatic N) is 2. The smallest absolute Gasteiger partial charge is 0.267 e. The first-order valence-electron chi connectivity index (χ1n) is 10.2. The summed E-state index contributed by atoms with van der Waals surface area (Å²) in [5, 5.41) is 2.87. The molecule has 1 aliphatic rings. The molecule has 1 heterocycles. The Morgan fingerprint density at radius 1 is 1.09 bits per heavy atom. The van der Waals surface area contributed by atoms with Crippen LogP contribution in [-0.2, 0) is 4.79 Å². The fourth-order valence-corrected chi connectivity index (χ4v) is 3.43. The second-order valence-electron chi connectivity index (χ2n) is 7.60. The topological polar surface area (TPSA) is 89.6 Å². The highest BCUT2D eigenvalue weighted by Crippen LogP contribution is 2.39. The quantitative estimate of drug-likeness (QED) is 0.671. The highest BCUT2D eigenvalue weighted by Gasteiger charge is 2.31. The molecule has 9 heteroatoms. The van der Waals surface area contributed by atoms with E-state index in [1.54, 1.807) is 42.2 Å². The average Bonchev–Trinajstić information content (AvgIpc) is 2.78. The van der Waals surface area contributed by atoms with Crippen LogP contribution in [0.25, 0.3) is 0 Å². The van der Waals surface area contributed by atoms with Gasteiger partial charge in [0.2, 0.25) is 5.75 Å². The van der Waals surface area contributed by atoms with E-state index in [0.717, 1.165) is 0 Å². The van der Waals surface area contributed by atoms with Crippen molar-refractivity contribution in [3.05, 3.63) is 35.9 Å². The molecular weight excluding hydrogens is 414 g/mol. The van der Waals surface area contributed by atoms with E-state index in [-0.39, 0.29) is 11.8 Å². The van der Waals surface area contributed by atoms with Crippen molar-refractivity contribution < 1.29 is 28.5 Å². The molecule has 0 radical (unpaired) electrons. The number of fused-ring (bicyclic) bond motifs is 1. The van der Waals surface area contributed by atoms with Gasteiger partial charge in [-0.1, -0.05) is 0 Å². The Kier molecular flexibility index (Phi) is 7.09. The van der Waals surface area contributed by atoms with Crippen LogP contribution in [0.3, 0.4) is 0 Å². The van der Waals surface area contributed by atoms with Crippen molar-refractivity contribution in [2.24, 2.45) is 0 Å². The van der Waals surface area contributed by atoms with Gasteiger partial charge in [0.05, 0.1) is 27.0 Å². The van der Waals surface area contributed by atoms with Gasteiger partial charge in [-0.25, -0.2) is 0 Å². The van der Waals surface area contributed by atoms with Gasteiger partial charge in [0.25, 0.3) is 11.8 Å². The zero-order valence-corrected chi connectivity index (χ0v) is 19.2. The van der Waals surface area contributed by atoms with Crippen LogP contribution in [0.4, 0.5) is 11.4 Å². The number of anilines is 2. The summed E-state index contributed by atoms with van der Waals surface area (Å²) in [7, 11) is 8.37. The highest BCUT2D eigenvalue weighted by molar-refractivity contribution is 6.06. The second-order valence-corrected chi connectivity index (χ2v) is 7.60. The van der Waals surface area contributed by atoms with E-state index in [1.165, 1.54) is 21.3 Å². The summed E-state index contributed by atoms with van der Waals surface area (Å²) in [6.45, 7) is 2.94. The number of amides is 2. The lowest BCUT2D eigenvalue weighted by Crippen LogP contribution is -2.46. The van der Waals surface area contributed by atoms with Gasteiger partial charge in [-0.15, -0.1) is 0 Å². The molecule has 2 aromatic carbocycles. The summed E-state index contributed by atoms with van der Waals surface area (Å²) < 4.78 is 21.7. The van der Waals surface area contributed by atoms with Gasteiger partial charge < -0.3 is 34.1 Å². The van der Waals surface area contributed by atoms with Gasteiger partial charge in [0, 0.05) is 24.3 Å². The summed E-state index contributed by atoms with van der Waals surface area (Å²) >= 11 is 0. The van der Waals surface area contributed by atoms with Gasteiger partial charge in [0.1, 0.15) is 5.75 Å². The van der Waals surface area contributed by atoms with Crippen LogP contribution < -0.4 is 29.2 Å². The number of benzene rings is 2. The van der Waals surface area contributed by atoms with E-state index >= 15 is 0 Å². The van der Waals surface area contributed by atoms with Crippen molar-refractivity contribution in [2.75, 3.05) is 58.7 Å². The zero-order chi connectivity index (χ0) is 23.4. The molecule has 0 bridgehead atoms. The lowest BCUT2D eigenvalue weighted by molar-refractivity contribution is -0.125.